The molecule has 90 heavy (non-hydrogen) atoms. The summed E-state index contributed by atoms with van der Waals surface area (Å²) in [5.74, 6) is -2.24. The Kier molecular flexibility index (Phi) is 29.0. The number of benzene rings is 3. The summed E-state index contributed by atoms with van der Waals surface area (Å²) in [4.78, 5) is 46.9. The van der Waals surface area contributed by atoms with Crippen molar-refractivity contribution in [2.24, 2.45) is 10.9 Å². The van der Waals surface area contributed by atoms with Gasteiger partial charge in [0.25, 0.3) is 6.20 Å². The molecule has 1 aliphatic carbocycles. The van der Waals surface area contributed by atoms with Crippen LogP contribution in [0.3, 0.4) is 0 Å². The van der Waals surface area contributed by atoms with Crippen molar-refractivity contribution < 1.29 is 91.4 Å². The van der Waals surface area contributed by atoms with Gasteiger partial charge in [-0.2, -0.15) is 0 Å². The quantitative estimate of drug-likeness (QED) is 0.0191. The number of carbonyl (C=O) groups is 3. The summed E-state index contributed by atoms with van der Waals surface area (Å²) in [5, 5.41) is 34.0. The molecule has 0 spiro atoms. The Bertz CT molecular complexity index is 3390. The third-order valence-corrected chi connectivity index (χ3v) is 18.5. The number of fused-ring (bicyclic) bond motifs is 2. The van der Waals surface area contributed by atoms with Gasteiger partial charge < -0.3 is 73.0 Å². The lowest BCUT2D eigenvalue weighted by atomic mass is 9.80. The van der Waals surface area contributed by atoms with E-state index in [4.69, 9.17) is 109 Å². The molecule has 0 radical (unpaired) electrons. The highest BCUT2D eigenvalue weighted by molar-refractivity contribution is 6.52. The average molecular weight is 1430 g/mol. The van der Waals surface area contributed by atoms with Gasteiger partial charge in [-0.15, -0.1) is 5.01 Å². The molecule has 2 fully saturated rings. The van der Waals surface area contributed by atoms with Crippen molar-refractivity contribution in [1.29, 1.82) is 0 Å². The number of morpholine rings is 1. The van der Waals surface area contributed by atoms with Crippen molar-refractivity contribution in [3.63, 3.8) is 0 Å². The maximum atomic E-state index is 12.9. The first-order valence-electron chi connectivity index (χ1n) is 28.8. The number of aryl methyl sites for hydroxylation is 1. The number of hydrogen-bond acceptors (Lipinski definition) is 16. The lowest BCUT2D eigenvalue weighted by Crippen LogP contribution is -3.00. The van der Waals surface area contributed by atoms with Crippen LogP contribution >= 0.6 is 81.2 Å². The first kappa shape index (κ1) is 75.9. The second-order valence-corrected chi connectivity index (χ2v) is 25.9. The van der Waals surface area contributed by atoms with Crippen LogP contribution in [0.4, 0.5) is 5.88 Å². The van der Waals surface area contributed by atoms with Gasteiger partial charge >= 0.3 is 23.8 Å². The number of hydrogen-bond donors (Lipinski definition) is 2. The van der Waals surface area contributed by atoms with Crippen LogP contribution in [0.15, 0.2) is 86.9 Å². The van der Waals surface area contributed by atoms with Gasteiger partial charge in [0, 0.05) is 51.3 Å². The Morgan fingerprint density at radius 2 is 1.44 bits per heavy atom. The van der Waals surface area contributed by atoms with E-state index in [2.05, 4.69) is 48.8 Å². The molecular formula is C62H75Cl9N8O11. The summed E-state index contributed by atoms with van der Waals surface area (Å²) in [5.41, 5.74) is 7.26. The molecule has 0 bridgehead atoms. The predicted octanol–water partition coefficient (Wildman–Crippen LogP) is 5.99. The molecular weight excluding hydrogens is 1350 g/mol. The SMILES string of the molecule is CCCC(=O)OCOC(=O)C1=C(C)NC(C)=C(C(=O)OC)C1c1cccc(Cl)c1Cl.C[N+](C)(C)CC[N+]1(C)Cc2c(Cl)c(Cl)c(Cl)c(Cl)c2C1.Cc1ncc2c(c1O)COC2c1ccc(Cl)cc1.[Cl-].[Cl-].[O-]C(=Nc1c[n+](N2CCOCC2)no1)C1CCCCC1. The summed E-state index contributed by atoms with van der Waals surface area (Å²) in [6.07, 6.45) is 9.45. The standard InChI is InChI=1S/C21H23Cl2NO6.C14H20Cl4N2.C14H12ClNO2.C13H20N4O3.2ClH/c1-5-7-15(25)29-10-30-21(27)17-12(3)24-11(2)16(20(26)28-4)18(17)13-8-6-9-14(22)19(13)23;1-19(2,3)5-6-20(4)7-9-10(8-20)12(16)14(18)13(17)11(9)15;1-8-13(17)12-7-18-14(11(12)6-16-8)9-2-4-10(15)5-3-9;18-13(11-4-2-1-3-5-11)14-12-10-17(15-20-12)16-6-8-19-9-7-16;;/h6,8-9,18,24H,5,7,10H2,1-4H3;5-8H2,1-4H3;2-6,14,17H,7H2,1H3;10-11H,1-9H2;2*1H/q;+2;;;;/p-2. The minimum atomic E-state index is -0.885. The summed E-state index contributed by atoms with van der Waals surface area (Å²) in [7, 11) is 10.1. The van der Waals surface area contributed by atoms with Crippen molar-refractivity contribution >= 4 is 111 Å². The maximum Gasteiger partial charge on any atom is 0.339 e. The van der Waals surface area contributed by atoms with Crippen LogP contribution in [0, 0.1) is 12.8 Å². The Morgan fingerprint density at radius 1 is 0.833 bits per heavy atom. The second-order valence-electron chi connectivity index (χ2n) is 23.2. The Balaban J connectivity index is 0.000000221. The van der Waals surface area contributed by atoms with E-state index in [1.165, 1.54) is 13.5 Å². The minimum Gasteiger partial charge on any atom is -1.00 e. The van der Waals surface area contributed by atoms with E-state index in [0.29, 0.717) is 74.0 Å². The van der Waals surface area contributed by atoms with Gasteiger partial charge in [-0.3, -0.25) is 14.3 Å². The Morgan fingerprint density at radius 3 is 2.03 bits per heavy atom. The Hall–Kier alpha value is -4.84. The van der Waals surface area contributed by atoms with E-state index in [9.17, 15) is 24.6 Å². The zero-order valence-electron chi connectivity index (χ0n) is 51.5. The largest absolute Gasteiger partial charge is 1.00 e. The second kappa shape index (κ2) is 34.4. The van der Waals surface area contributed by atoms with Gasteiger partial charge in [0.2, 0.25) is 12.1 Å². The third-order valence-electron chi connectivity index (χ3n) is 15.5. The minimum absolute atomic E-state index is 0. The molecule has 3 aromatic carbocycles. The third kappa shape index (κ3) is 19.4. The van der Waals surface area contributed by atoms with Crippen LogP contribution in [0.5, 0.6) is 5.75 Å². The molecule has 492 valence electrons. The van der Waals surface area contributed by atoms with Crippen molar-refractivity contribution in [2.75, 3.05) is 86.5 Å². The number of rotatable bonds is 14. The van der Waals surface area contributed by atoms with Crippen molar-refractivity contribution in [3.8, 4) is 5.75 Å². The number of carbonyl (C=O) groups excluding carboxylic acids is 3. The topological polar surface area (TPSA) is 211 Å². The number of aromatic nitrogens is 3. The van der Waals surface area contributed by atoms with Gasteiger partial charge in [-0.25, -0.2) is 14.6 Å². The summed E-state index contributed by atoms with van der Waals surface area (Å²) in [6.45, 7) is 13.6. The predicted molar refractivity (Wildman–Crippen MR) is 337 cm³/mol. The number of ether oxygens (including phenoxy) is 5. The van der Waals surface area contributed by atoms with Crippen LogP contribution in [0.25, 0.3) is 0 Å². The Labute approximate surface area is 573 Å². The lowest BCUT2D eigenvalue weighted by molar-refractivity contribution is -0.961. The van der Waals surface area contributed by atoms with Crippen LogP contribution < -0.4 is 45.0 Å². The number of aromatic hydroxyl groups is 1. The fraction of sp³-hybridized carbons (Fsp3) is 0.468. The fourth-order valence-electron chi connectivity index (χ4n) is 10.7. The number of allylic oxidation sites excluding steroid dienone is 2. The zero-order chi connectivity index (χ0) is 64.2. The highest BCUT2D eigenvalue weighted by atomic mass is 35.5. The van der Waals surface area contributed by atoms with Crippen molar-refractivity contribution in [1.82, 2.24) is 15.6 Å². The average Bonchev–Trinajstić information content (AvgIpc) is 1.36. The molecule has 4 aliphatic heterocycles. The number of quaternary nitrogens is 2. The number of dihydropyridines is 1. The van der Waals surface area contributed by atoms with E-state index in [1.807, 2.05) is 36.2 Å². The molecule has 0 amide bonds. The fourth-order valence-corrected chi connectivity index (χ4v) is 12.3. The number of esters is 3. The molecule has 1 saturated heterocycles. The zero-order valence-corrected chi connectivity index (χ0v) is 58.3. The number of aliphatic imine (C=N–C) groups is 1. The highest BCUT2D eigenvalue weighted by Gasteiger charge is 2.41. The molecule has 6 heterocycles. The van der Waals surface area contributed by atoms with E-state index in [0.717, 1.165) is 102 Å². The van der Waals surface area contributed by atoms with E-state index >= 15 is 0 Å². The molecule has 1 saturated carbocycles. The number of halogens is 9. The molecule has 2 atom stereocenters. The normalized spacial score (nSPS) is 17.7. The molecule has 2 aromatic heterocycles. The van der Waals surface area contributed by atoms with Crippen LogP contribution in [-0.2, 0) is 57.8 Å². The number of nitrogens with one attached hydrogen (secondary N) is 1. The van der Waals surface area contributed by atoms with Gasteiger partial charge in [0.05, 0.1) is 126 Å². The van der Waals surface area contributed by atoms with E-state index in [-0.39, 0.29) is 82.0 Å². The van der Waals surface area contributed by atoms with Gasteiger partial charge in [-0.1, -0.05) is 132 Å². The first-order valence-corrected chi connectivity index (χ1v) is 31.4. The van der Waals surface area contributed by atoms with Crippen LogP contribution in [0.1, 0.15) is 117 Å². The molecule has 28 heteroatoms. The number of likely N-dealkylation sites (N-methyl/N-ethyl adjacent to an activating group) is 2. The van der Waals surface area contributed by atoms with Crippen molar-refractivity contribution in [2.45, 2.75) is 104 Å². The van der Waals surface area contributed by atoms with Gasteiger partial charge in [0.15, 0.2) is 0 Å². The van der Waals surface area contributed by atoms with E-state index in [1.54, 1.807) is 56.2 Å². The highest BCUT2D eigenvalue weighted by Crippen LogP contribution is 2.47. The molecule has 5 aliphatic rings. The van der Waals surface area contributed by atoms with Crippen LogP contribution in [0.2, 0.25) is 35.2 Å². The molecule has 19 nitrogen and oxygen atoms in total. The van der Waals surface area contributed by atoms with Crippen LogP contribution in [-0.4, -0.2) is 130 Å². The number of methoxy groups -OCH3 is 1. The molecule has 2 N–H and O–H groups in total. The molecule has 5 aromatic rings. The summed E-state index contributed by atoms with van der Waals surface area (Å²) in [6, 6.07) is 12.5. The first-order chi connectivity index (χ1) is 41.8. The van der Waals surface area contributed by atoms with Gasteiger partial charge in [-0.05, 0) is 81.2 Å². The lowest BCUT2D eigenvalue weighted by Gasteiger charge is -2.33. The number of nitrogens with zero attached hydrogens (tertiary/aromatic N) is 7. The molecule has 10 rings (SSSR count). The molecule has 2 unspecified atom stereocenters. The monoisotopic (exact) mass is 1420 g/mol. The van der Waals surface area contributed by atoms with Gasteiger partial charge in [0.1, 0.15) is 38.0 Å². The summed E-state index contributed by atoms with van der Waals surface area (Å²) >= 11 is 43.4. The van der Waals surface area contributed by atoms with Crippen molar-refractivity contribution in [3.05, 3.63) is 152 Å². The number of pyridine rings is 1. The smallest absolute Gasteiger partial charge is 0.339 e. The maximum absolute atomic E-state index is 12.9. The summed E-state index contributed by atoms with van der Waals surface area (Å²) < 4.78 is 33.0. The van der Waals surface area contributed by atoms with E-state index < -0.39 is 30.6 Å².